The Morgan fingerprint density at radius 3 is 2.52 bits per heavy atom. The van der Waals surface area contributed by atoms with Crippen LogP contribution < -0.4 is 4.57 Å². The van der Waals surface area contributed by atoms with Gasteiger partial charge in [-0.25, -0.2) is 9.13 Å². The predicted octanol–water partition coefficient (Wildman–Crippen LogP) is 4.04. The Balaban J connectivity index is 2.09. The van der Waals surface area contributed by atoms with Crippen molar-refractivity contribution < 1.29 is 4.57 Å². The molecule has 3 rings (SSSR count). The van der Waals surface area contributed by atoms with Crippen LogP contribution in [0, 0.1) is 13.8 Å². The number of rotatable bonds is 2. The van der Waals surface area contributed by atoms with Crippen LogP contribution >= 0.6 is 0 Å². The molecule has 0 saturated heterocycles. The highest BCUT2D eigenvalue weighted by Gasteiger charge is 2.18. The first-order chi connectivity index (χ1) is 10.1. The van der Waals surface area contributed by atoms with Gasteiger partial charge in [0.2, 0.25) is 0 Å². The Bertz CT molecular complexity index is 804. The second kappa shape index (κ2) is 5.13. The smallest absolute Gasteiger partial charge is 0.226 e. The first kappa shape index (κ1) is 13.5. The molecule has 3 aromatic rings. The summed E-state index contributed by atoms with van der Waals surface area (Å²) in [5, 5.41) is 8.90. The van der Waals surface area contributed by atoms with E-state index in [4.69, 9.17) is 0 Å². The van der Waals surface area contributed by atoms with Gasteiger partial charge < -0.3 is 0 Å². The van der Waals surface area contributed by atoms with Crippen molar-refractivity contribution in [2.75, 3.05) is 0 Å². The topological polar surface area (TPSA) is 33.5 Å². The van der Waals surface area contributed by atoms with Crippen LogP contribution in [0.5, 0.6) is 0 Å². The summed E-state index contributed by atoms with van der Waals surface area (Å²) in [6, 6.07) is 14.5. The summed E-state index contributed by atoms with van der Waals surface area (Å²) in [4.78, 5) is 0. The van der Waals surface area contributed by atoms with Crippen molar-refractivity contribution in [1.82, 2.24) is 4.57 Å². The third-order valence-electron chi connectivity index (χ3n) is 3.82. The molecule has 0 fully saturated rings. The van der Waals surface area contributed by atoms with Gasteiger partial charge in [-0.15, -0.1) is 0 Å². The number of fused-ring (bicyclic) bond motifs is 1. The molecular formula is C17H19N4+. The number of para-hydroxylation sites is 2. The van der Waals surface area contributed by atoms with Gasteiger partial charge in [-0.3, -0.25) is 0 Å². The number of hydrogen-bond donors (Lipinski definition) is 0. The summed E-state index contributed by atoms with van der Waals surface area (Å²) in [6.45, 7) is 4.12. The fraction of sp³-hybridized carbons (Fsp3) is 0.235. The van der Waals surface area contributed by atoms with Crippen LogP contribution in [-0.2, 0) is 14.1 Å². The Kier molecular flexibility index (Phi) is 3.29. The molecule has 0 unspecified atom stereocenters. The van der Waals surface area contributed by atoms with Crippen LogP contribution in [0.15, 0.2) is 52.7 Å². The van der Waals surface area contributed by atoms with Gasteiger partial charge >= 0.3 is 5.95 Å². The normalized spacial score (nSPS) is 11.6. The van der Waals surface area contributed by atoms with Gasteiger partial charge in [-0.05, 0) is 43.2 Å². The third-order valence-corrected chi connectivity index (χ3v) is 3.82. The molecule has 0 saturated carbocycles. The fourth-order valence-electron chi connectivity index (χ4n) is 2.53. The zero-order chi connectivity index (χ0) is 15.0. The van der Waals surface area contributed by atoms with Gasteiger partial charge in [-0.2, -0.15) is 0 Å². The lowest BCUT2D eigenvalue weighted by atomic mass is 10.1. The van der Waals surface area contributed by atoms with E-state index < -0.39 is 0 Å². The molecule has 0 amide bonds. The minimum Gasteiger partial charge on any atom is -0.226 e. The van der Waals surface area contributed by atoms with Crippen LogP contribution in [-0.4, -0.2) is 4.57 Å². The summed E-state index contributed by atoms with van der Waals surface area (Å²) >= 11 is 0. The van der Waals surface area contributed by atoms with E-state index in [2.05, 4.69) is 63.5 Å². The van der Waals surface area contributed by atoms with Crippen molar-refractivity contribution in [3.63, 3.8) is 0 Å². The average Bonchev–Trinajstić information content (AvgIpc) is 2.73. The Hall–Kier alpha value is -2.49. The third kappa shape index (κ3) is 2.33. The second-order valence-corrected chi connectivity index (χ2v) is 5.40. The molecule has 21 heavy (non-hydrogen) atoms. The van der Waals surface area contributed by atoms with E-state index in [0.29, 0.717) is 0 Å². The SMILES string of the molecule is Cc1ccc(C)c(N=Nc2n(C)c3ccccc3[n+]2C)c1. The first-order valence-corrected chi connectivity index (χ1v) is 7.00. The molecule has 0 radical (unpaired) electrons. The lowest BCUT2D eigenvalue weighted by molar-refractivity contribution is -0.632. The maximum Gasteiger partial charge on any atom is 0.422 e. The average molecular weight is 279 g/mol. The fourth-order valence-corrected chi connectivity index (χ4v) is 2.53. The van der Waals surface area contributed by atoms with E-state index in [1.807, 2.05) is 26.2 Å². The Morgan fingerprint density at radius 2 is 1.76 bits per heavy atom. The minimum absolute atomic E-state index is 0.831. The Labute approximate surface area is 124 Å². The van der Waals surface area contributed by atoms with Gasteiger partial charge in [0.25, 0.3) is 0 Å². The monoisotopic (exact) mass is 279 g/mol. The van der Waals surface area contributed by atoms with Gasteiger partial charge in [0, 0.05) is 5.11 Å². The molecule has 0 atom stereocenters. The highest BCUT2D eigenvalue weighted by molar-refractivity contribution is 5.73. The molecule has 0 bridgehead atoms. The molecule has 0 N–H and O–H groups in total. The number of aryl methyl sites for hydroxylation is 4. The predicted molar refractivity (Wildman–Crippen MR) is 84.2 cm³/mol. The molecule has 1 heterocycles. The summed E-state index contributed by atoms with van der Waals surface area (Å²) in [7, 11) is 4.03. The van der Waals surface area contributed by atoms with E-state index in [1.54, 1.807) is 0 Å². The van der Waals surface area contributed by atoms with Crippen molar-refractivity contribution in [1.29, 1.82) is 0 Å². The summed E-state index contributed by atoms with van der Waals surface area (Å²) < 4.78 is 4.12. The van der Waals surface area contributed by atoms with Crippen LogP contribution in [0.2, 0.25) is 0 Å². The molecule has 0 aliphatic carbocycles. The molecule has 0 spiro atoms. The summed E-state index contributed by atoms with van der Waals surface area (Å²) in [5.74, 6) is 0.831. The van der Waals surface area contributed by atoms with Crippen LogP contribution in [0.3, 0.4) is 0 Å². The number of benzene rings is 2. The van der Waals surface area contributed by atoms with E-state index in [0.717, 1.165) is 28.2 Å². The molecule has 4 nitrogen and oxygen atoms in total. The van der Waals surface area contributed by atoms with E-state index in [1.165, 1.54) is 5.56 Å². The number of aromatic nitrogens is 2. The van der Waals surface area contributed by atoms with Crippen LogP contribution in [0.1, 0.15) is 11.1 Å². The molecule has 106 valence electrons. The van der Waals surface area contributed by atoms with E-state index in [9.17, 15) is 0 Å². The molecule has 2 aromatic carbocycles. The van der Waals surface area contributed by atoms with Crippen molar-refractivity contribution >= 4 is 22.7 Å². The number of azo groups is 1. The number of nitrogens with zero attached hydrogens (tertiary/aromatic N) is 4. The number of imidazole rings is 1. The molecular weight excluding hydrogens is 260 g/mol. The molecule has 0 aliphatic rings. The Morgan fingerprint density at radius 1 is 1.00 bits per heavy atom. The van der Waals surface area contributed by atoms with E-state index in [-0.39, 0.29) is 0 Å². The molecule has 0 aliphatic heterocycles. The first-order valence-electron chi connectivity index (χ1n) is 7.00. The lowest BCUT2D eigenvalue weighted by Crippen LogP contribution is -2.26. The zero-order valence-corrected chi connectivity index (χ0v) is 12.8. The van der Waals surface area contributed by atoms with Gasteiger partial charge in [0.1, 0.15) is 16.7 Å². The second-order valence-electron chi connectivity index (χ2n) is 5.40. The summed E-state index contributed by atoms with van der Waals surface area (Å²) in [6.07, 6.45) is 0. The minimum atomic E-state index is 0.831. The zero-order valence-electron chi connectivity index (χ0n) is 12.8. The van der Waals surface area contributed by atoms with Gasteiger partial charge in [-0.1, -0.05) is 29.4 Å². The molecule has 4 heteroatoms. The maximum absolute atomic E-state index is 4.47. The molecule has 1 aromatic heterocycles. The van der Waals surface area contributed by atoms with Crippen LogP contribution in [0.4, 0.5) is 11.6 Å². The van der Waals surface area contributed by atoms with Crippen molar-refractivity contribution in [2.45, 2.75) is 13.8 Å². The van der Waals surface area contributed by atoms with Crippen LogP contribution in [0.25, 0.3) is 11.0 Å². The summed E-state index contributed by atoms with van der Waals surface area (Å²) in [5.41, 5.74) is 5.53. The van der Waals surface area contributed by atoms with Crippen molar-refractivity contribution in [3.05, 3.63) is 53.6 Å². The van der Waals surface area contributed by atoms with Crippen molar-refractivity contribution in [2.24, 2.45) is 24.3 Å². The van der Waals surface area contributed by atoms with Gasteiger partial charge in [0.15, 0.2) is 0 Å². The largest absolute Gasteiger partial charge is 0.422 e. The lowest BCUT2D eigenvalue weighted by Gasteiger charge is -1.98. The van der Waals surface area contributed by atoms with Crippen molar-refractivity contribution in [3.8, 4) is 0 Å². The highest BCUT2D eigenvalue weighted by Crippen LogP contribution is 2.23. The maximum atomic E-state index is 4.47. The van der Waals surface area contributed by atoms with Gasteiger partial charge in [0.05, 0.1) is 14.1 Å². The number of hydrogen-bond acceptors (Lipinski definition) is 2. The quantitative estimate of drug-likeness (QED) is 0.501. The standard InChI is InChI=1S/C17H19N4/c1-12-9-10-13(2)14(11-12)18-19-17-20(3)15-7-5-6-8-16(15)21(17)4/h5-11H,1-4H3/q+1. The highest BCUT2D eigenvalue weighted by atomic mass is 15.3. The van der Waals surface area contributed by atoms with E-state index >= 15 is 0 Å².